The van der Waals surface area contributed by atoms with Crippen LogP contribution in [0.5, 0.6) is 0 Å². The SMILES string of the molecule is CC/C=C\C/C=C\C[C@H](O)/C=C/[C@H]1[C@@H](O)CC(=O)[C@@H]1C/C=C\CCC(=O)O. The van der Waals surface area contributed by atoms with Crippen LogP contribution in [0, 0.1) is 11.8 Å². The number of Topliss-reactive ketones (excluding diaryl/α,β-unsaturated/α-hetero) is 1. The molecule has 0 aromatic rings. The van der Waals surface area contributed by atoms with Crippen molar-refractivity contribution >= 4 is 11.8 Å². The lowest BCUT2D eigenvalue weighted by Gasteiger charge is -2.16. The lowest BCUT2D eigenvalue weighted by Crippen LogP contribution is -2.18. The maximum absolute atomic E-state index is 12.1. The summed E-state index contributed by atoms with van der Waals surface area (Å²) < 4.78 is 0. The number of aliphatic hydroxyl groups excluding tert-OH is 2. The zero-order valence-electron chi connectivity index (χ0n) is 16.0. The highest BCUT2D eigenvalue weighted by molar-refractivity contribution is 5.84. The molecule has 0 amide bonds. The summed E-state index contributed by atoms with van der Waals surface area (Å²) in [5.74, 6) is -1.47. The van der Waals surface area contributed by atoms with Gasteiger partial charge in [0, 0.05) is 24.7 Å². The van der Waals surface area contributed by atoms with Crippen LogP contribution in [0.25, 0.3) is 0 Å². The number of carbonyl (C=O) groups excluding carboxylic acids is 1. The van der Waals surface area contributed by atoms with Gasteiger partial charge in [0.1, 0.15) is 5.78 Å². The summed E-state index contributed by atoms with van der Waals surface area (Å²) in [4.78, 5) is 22.6. The second-order valence-corrected chi connectivity index (χ2v) is 6.84. The van der Waals surface area contributed by atoms with Crippen molar-refractivity contribution in [1.82, 2.24) is 0 Å². The fourth-order valence-electron chi connectivity index (χ4n) is 3.10. The number of carboxylic acids is 1. The van der Waals surface area contributed by atoms with Crippen LogP contribution >= 0.6 is 0 Å². The third kappa shape index (κ3) is 9.50. The van der Waals surface area contributed by atoms with Crippen molar-refractivity contribution in [3.05, 3.63) is 48.6 Å². The molecule has 27 heavy (non-hydrogen) atoms. The Labute approximate surface area is 161 Å². The van der Waals surface area contributed by atoms with Gasteiger partial charge in [-0.1, -0.05) is 55.5 Å². The average molecular weight is 376 g/mol. The Hall–Kier alpha value is -1.98. The molecule has 1 aliphatic carbocycles. The van der Waals surface area contributed by atoms with Crippen LogP contribution in [0.2, 0.25) is 0 Å². The molecule has 5 nitrogen and oxygen atoms in total. The van der Waals surface area contributed by atoms with E-state index in [2.05, 4.69) is 19.1 Å². The van der Waals surface area contributed by atoms with Crippen molar-refractivity contribution in [1.29, 1.82) is 0 Å². The molecule has 0 radical (unpaired) electrons. The molecule has 0 heterocycles. The summed E-state index contributed by atoms with van der Waals surface area (Å²) in [6.45, 7) is 2.08. The Morgan fingerprint density at radius 3 is 2.63 bits per heavy atom. The first kappa shape index (κ1) is 23.1. The lowest BCUT2D eigenvalue weighted by molar-refractivity contribution is -0.136. The summed E-state index contributed by atoms with van der Waals surface area (Å²) in [5.41, 5.74) is 0. The molecule has 4 atom stereocenters. The second-order valence-electron chi connectivity index (χ2n) is 6.84. The average Bonchev–Trinajstić information content (AvgIpc) is 2.88. The largest absolute Gasteiger partial charge is 0.481 e. The summed E-state index contributed by atoms with van der Waals surface area (Å²) >= 11 is 0. The minimum absolute atomic E-state index is 0.0112. The zero-order valence-corrected chi connectivity index (χ0v) is 16.0. The van der Waals surface area contributed by atoms with Crippen molar-refractivity contribution in [3.8, 4) is 0 Å². The standard InChI is InChI=1S/C22H32O5/c1-2-3-4-5-6-8-11-17(23)14-15-19-18(20(24)16-21(19)25)12-9-7-10-13-22(26)27/h3-4,6-9,14-15,17-19,21,23,25H,2,5,10-13,16H2,1H3,(H,26,27)/b4-3-,8-6-,9-7-,15-14+/t17-,18+,19+,21-/m0/s1. The van der Waals surface area contributed by atoms with Crippen LogP contribution < -0.4 is 0 Å². The van der Waals surface area contributed by atoms with Gasteiger partial charge >= 0.3 is 5.97 Å². The number of hydrogen-bond donors (Lipinski definition) is 3. The van der Waals surface area contributed by atoms with Crippen LogP contribution in [0.4, 0.5) is 0 Å². The van der Waals surface area contributed by atoms with Gasteiger partial charge in [-0.3, -0.25) is 9.59 Å². The first-order valence-corrected chi connectivity index (χ1v) is 9.69. The van der Waals surface area contributed by atoms with Crippen molar-refractivity contribution < 1.29 is 24.9 Å². The second kappa shape index (κ2) is 13.2. The fraction of sp³-hybridized carbons (Fsp3) is 0.545. The molecule has 0 aliphatic heterocycles. The zero-order chi connectivity index (χ0) is 20.1. The fourth-order valence-corrected chi connectivity index (χ4v) is 3.10. The van der Waals surface area contributed by atoms with Gasteiger partial charge in [0.2, 0.25) is 0 Å². The van der Waals surface area contributed by atoms with E-state index in [0.717, 1.165) is 12.8 Å². The van der Waals surface area contributed by atoms with Gasteiger partial charge in [-0.2, -0.15) is 0 Å². The summed E-state index contributed by atoms with van der Waals surface area (Å²) in [5, 5.41) is 28.8. The van der Waals surface area contributed by atoms with Gasteiger partial charge < -0.3 is 15.3 Å². The van der Waals surface area contributed by atoms with Gasteiger partial charge in [-0.15, -0.1) is 0 Å². The third-order valence-corrected chi connectivity index (χ3v) is 4.59. The van der Waals surface area contributed by atoms with Crippen LogP contribution in [-0.4, -0.2) is 39.3 Å². The van der Waals surface area contributed by atoms with E-state index in [1.54, 1.807) is 18.2 Å². The smallest absolute Gasteiger partial charge is 0.303 e. The molecule has 0 saturated heterocycles. The first-order valence-electron chi connectivity index (χ1n) is 9.69. The van der Waals surface area contributed by atoms with E-state index in [0.29, 0.717) is 19.3 Å². The van der Waals surface area contributed by atoms with Crippen molar-refractivity contribution in [2.24, 2.45) is 11.8 Å². The number of hydrogen-bond acceptors (Lipinski definition) is 4. The highest BCUT2D eigenvalue weighted by Crippen LogP contribution is 2.33. The minimum Gasteiger partial charge on any atom is -0.481 e. The maximum Gasteiger partial charge on any atom is 0.303 e. The Kier molecular flexibility index (Phi) is 11.3. The molecular formula is C22H32O5. The number of aliphatic carboxylic acids is 1. The summed E-state index contributed by atoms with van der Waals surface area (Å²) in [7, 11) is 0. The Morgan fingerprint density at radius 1 is 1.19 bits per heavy atom. The highest BCUT2D eigenvalue weighted by Gasteiger charge is 2.39. The molecule has 5 heteroatoms. The number of ketones is 1. The highest BCUT2D eigenvalue weighted by atomic mass is 16.4. The van der Waals surface area contributed by atoms with E-state index in [9.17, 15) is 19.8 Å². The van der Waals surface area contributed by atoms with Gasteiger partial charge in [-0.05, 0) is 32.1 Å². The Morgan fingerprint density at radius 2 is 1.93 bits per heavy atom. The predicted octanol–water partition coefficient (Wildman–Crippen LogP) is 3.58. The van der Waals surface area contributed by atoms with Gasteiger partial charge in [0.15, 0.2) is 0 Å². The molecule has 0 aromatic carbocycles. The Bertz CT molecular complexity index is 573. The summed E-state index contributed by atoms with van der Waals surface area (Å²) in [6.07, 6.45) is 17.1. The quantitative estimate of drug-likeness (QED) is 0.453. The van der Waals surface area contributed by atoms with E-state index in [1.807, 2.05) is 18.2 Å². The van der Waals surface area contributed by atoms with E-state index in [-0.39, 0.29) is 30.5 Å². The van der Waals surface area contributed by atoms with Gasteiger partial charge in [-0.25, -0.2) is 0 Å². The van der Waals surface area contributed by atoms with E-state index < -0.39 is 18.2 Å². The number of carboxylic acid groups (broad SMARTS) is 1. The minimum atomic E-state index is -0.850. The molecule has 3 N–H and O–H groups in total. The first-order chi connectivity index (χ1) is 13.0. The van der Waals surface area contributed by atoms with Crippen LogP contribution in [0.3, 0.4) is 0 Å². The van der Waals surface area contributed by atoms with E-state index in [4.69, 9.17) is 5.11 Å². The molecule has 0 bridgehead atoms. The van der Waals surface area contributed by atoms with Crippen LogP contribution in [0.15, 0.2) is 48.6 Å². The molecule has 150 valence electrons. The molecular weight excluding hydrogens is 344 g/mol. The lowest BCUT2D eigenvalue weighted by atomic mass is 9.90. The van der Waals surface area contributed by atoms with E-state index in [1.165, 1.54) is 0 Å². The van der Waals surface area contributed by atoms with Crippen molar-refractivity contribution in [2.75, 3.05) is 0 Å². The molecule has 0 aromatic heterocycles. The number of allylic oxidation sites excluding steroid dienone is 5. The number of carbonyl (C=O) groups is 2. The van der Waals surface area contributed by atoms with Crippen molar-refractivity contribution in [2.45, 2.75) is 64.1 Å². The van der Waals surface area contributed by atoms with Crippen LogP contribution in [0.1, 0.15) is 51.9 Å². The molecule has 1 fully saturated rings. The maximum atomic E-state index is 12.1. The van der Waals surface area contributed by atoms with Crippen molar-refractivity contribution in [3.63, 3.8) is 0 Å². The van der Waals surface area contributed by atoms with Gasteiger partial charge in [0.05, 0.1) is 12.2 Å². The van der Waals surface area contributed by atoms with Gasteiger partial charge in [0.25, 0.3) is 0 Å². The van der Waals surface area contributed by atoms with E-state index >= 15 is 0 Å². The molecule has 1 saturated carbocycles. The molecule has 0 unspecified atom stereocenters. The number of aliphatic hydroxyl groups is 2. The molecule has 1 rings (SSSR count). The third-order valence-electron chi connectivity index (χ3n) is 4.59. The predicted molar refractivity (Wildman–Crippen MR) is 106 cm³/mol. The monoisotopic (exact) mass is 376 g/mol. The number of rotatable bonds is 12. The normalized spacial score (nSPS) is 24.9. The molecule has 0 spiro atoms. The topological polar surface area (TPSA) is 94.8 Å². The Balaban J connectivity index is 2.50. The van der Waals surface area contributed by atoms with Crippen LogP contribution in [-0.2, 0) is 9.59 Å². The summed E-state index contributed by atoms with van der Waals surface area (Å²) in [6, 6.07) is 0. The molecule has 1 aliphatic rings.